The van der Waals surface area contributed by atoms with Crippen molar-refractivity contribution < 1.29 is 0 Å². The predicted octanol–water partition coefficient (Wildman–Crippen LogP) is 7.62. The van der Waals surface area contributed by atoms with Gasteiger partial charge in [-0.15, -0.1) is 0 Å². The number of hydrogen-bond donors (Lipinski definition) is 0. The quantitative estimate of drug-likeness (QED) is 0.237. The van der Waals surface area contributed by atoms with Crippen LogP contribution in [0.5, 0.6) is 0 Å². The third-order valence-electron chi connectivity index (χ3n) is 3.74. The molecule has 0 aliphatic carbocycles. The van der Waals surface area contributed by atoms with Crippen LogP contribution in [0.1, 0.15) is 47.0 Å². The minimum Gasteiger partial charge on any atom is -0.312 e. The van der Waals surface area contributed by atoms with E-state index >= 15 is 0 Å². The molecule has 1 fully saturated rings. The number of halogens is 4. The number of rotatable bonds is 2. The summed E-state index contributed by atoms with van der Waals surface area (Å²) in [5.74, 6) is -2.46. The molecular formula is C13H27BrCl3N2PSi. The molecule has 1 aliphatic heterocycles. The molecule has 1 heterocycles. The summed E-state index contributed by atoms with van der Waals surface area (Å²) in [7, 11) is -1.78. The van der Waals surface area contributed by atoms with Crippen LogP contribution in [0.25, 0.3) is 0 Å². The summed E-state index contributed by atoms with van der Waals surface area (Å²) < 4.78 is 6.08. The Labute approximate surface area is 154 Å². The van der Waals surface area contributed by atoms with Gasteiger partial charge in [0.05, 0.1) is 0 Å². The van der Waals surface area contributed by atoms with Crippen LogP contribution in [0.4, 0.5) is 0 Å². The fraction of sp³-hybridized carbons (Fsp3) is 1.00. The number of piperidine rings is 1. The molecule has 0 saturated carbocycles. The summed E-state index contributed by atoms with van der Waals surface area (Å²) in [5.41, 5.74) is -0.0990. The average molecular weight is 457 g/mol. The maximum Gasteiger partial charge on any atom is 0.245 e. The van der Waals surface area contributed by atoms with E-state index in [1.807, 2.05) is 0 Å². The summed E-state index contributed by atoms with van der Waals surface area (Å²) in [4.78, 5) is 0. The molecule has 0 aromatic carbocycles. The summed E-state index contributed by atoms with van der Waals surface area (Å²) in [5, 5.41) is 0. The molecule has 8 heteroatoms. The maximum atomic E-state index is 6.45. The Morgan fingerprint density at radius 2 is 1.43 bits per heavy atom. The zero-order valence-corrected chi connectivity index (χ0v) is 19.7. The Hall–Kier alpha value is 1.76. The molecule has 0 aromatic heterocycles. The van der Waals surface area contributed by atoms with Crippen LogP contribution in [0.2, 0.25) is 19.6 Å². The third-order valence-corrected chi connectivity index (χ3v) is 17.4. The minimum absolute atomic E-state index is 0.0495. The number of hydrogen-bond acceptors (Lipinski definition) is 1. The topological polar surface area (TPSA) is 15.6 Å². The molecule has 0 N–H and O–H groups in total. The van der Waals surface area contributed by atoms with Gasteiger partial charge in [-0.05, 0) is 62.4 Å². The van der Waals surface area contributed by atoms with E-state index in [0.717, 1.165) is 12.8 Å². The van der Waals surface area contributed by atoms with Crippen molar-refractivity contribution in [3.63, 3.8) is 0 Å². The van der Waals surface area contributed by atoms with E-state index in [0.29, 0.717) is 0 Å². The van der Waals surface area contributed by atoms with Crippen molar-refractivity contribution >= 4 is 64.4 Å². The zero-order chi connectivity index (χ0) is 16.9. The highest BCUT2D eigenvalue weighted by atomic mass is 79.9. The first-order valence-electron chi connectivity index (χ1n) is 7.24. The fourth-order valence-electron chi connectivity index (χ4n) is 3.31. The molecule has 126 valence electrons. The van der Waals surface area contributed by atoms with Crippen molar-refractivity contribution in [2.24, 2.45) is 4.41 Å². The Morgan fingerprint density at radius 1 is 1.05 bits per heavy atom. The van der Waals surface area contributed by atoms with Crippen molar-refractivity contribution in [2.75, 3.05) is 0 Å². The molecule has 0 radical (unpaired) electrons. The van der Waals surface area contributed by atoms with E-state index in [1.165, 1.54) is 6.42 Å². The van der Waals surface area contributed by atoms with Crippen LogP contribution in [0.3, 0.4) is 0 Å². The zero-order valence-electron chi connectivity index (χ0n) is 14.0. The molecule has 0 spiro atoms. The summed E-state index contributed by atoms with van der Waals surface area (Å²) >= 11 is 23.2. The second-order valence-electron chi connectivity index (χ2n) is 8.05. The summed E-state index contributed by atoms with van der Waals surface area (Å²) in [6.07, 6.45) is 3.37. The molecule has 1 unspecified atom stereocenters. The van der Waals surface area contributed by atoms with Gasteiger partial charge in [0.15, 0.2) is 8.24 Å². The minimum atomic E-state index is -2.46. The van der Waals surface area contributed by atoms with Crippen molar-refractivity contribution in [2.45, 2.75) is 81.2 Å². The van der Waals surface area contributed by atoms with Crippen LogP contribution < -0.4 is 0 Å². The Kier molecular flexibility index (Phi) is 6.18. The second-order valence-corrected chi connectivity index (χ2v) is 21.4. The van der Waals surface area contributed by atoms with E-state index in [2.05, 4.69) is 67.5 Å². The number of nitrogens with zero attached hydrogens (tertiary/aromatic N) is 2. The van der Waals surface area contributed by atoms with Crippen LogP contribution in [0.15, 0.2) is 4.41 Å². The highest BCUT2D eigenvalue weighted by Crippen LogP contribution is 2.79. The van der Waals surface area contributed by atoms with Gasteiger partial charge < -0.3 is 4.41 Å². The standard InChI is InChI=1S/C13H27BrCl3N2PSi/c1-11(2)9-8-10-12(3,4)19(11)20(14,13(15,16)17)18-21(5,6)7/h8-10H2,1-7H3. The van der Waals surface area contributed by atoms with Crippen molar-refractivity contribution in [3.8, 4) is 0 Å². The second kappa shape index (κ2) is 6.24. The first kappa shape index (κ1) is 20.8. The lowest BCUT2D eigenvalue weighted by Gasteiger charge is -2.58. The molecule has 0 aromatic rings. The van der Waals surface area contributed by atoms with Crippen LogP contribution >= 0.6 is 56.2 Å². The Morgan fingerprint density at radius 3 is 1.71 bits per heavy atom. The monoisotopic (exact) mass is 454 g/mol. The Balaban J connectivity index is 3.62. The fourth-order valence-corrected chi connectivity index (χ4v) is 17.7. The van der Waals surface area contributed by atoms with Gasteiger partial charge in [-0.1, -0.05) is 54.4 Å². The van der Waals surface area contributed by atoms with Crippen molar-refractivity contribution in [3.05, 3.63) is 0 Å². The van der Waals surface area contributed by atoms with Crippen LogP contribution in [-0.4, -0.2) is 27.5 Å². The lowest BCUT2D eigenvalue weighted by atomic mass is 9.83. The van der Waals surface area contributed by atoms with Gasteiger partial charge in [0.25, 0.3) is 0 Å². The van der Waals surface area contributed by atoms with Gasteiger partial charge >= 0.3 is 0 Å². The smallest absolute Gasteiger partial charge is 0.245 e. The maximum absolute atomic E-state index is 6.45. The normalized spacial score (nSPS) is 26.2. The molecule has 0 bridgehead atoms. The molecule has 0 amide bonds. The van der Waals surface area contributed by atoms with E-state index in [9.17, 15) is 0 Å². The molecular weight excluding hydrogens is 429 g/mol. The van der Waals surface area contributed by atoms with Gasteiger partial charge in [-0.3, -0.25) is 0 Å². The van der Waals surface area contributed by atoms with E-state index in [-0.39, 0.29) is 11.1 Å². The first-order chi connectivity index (χ1) is 9.03. The lowest BCUT2D eigenvalue weighted by molar-refractivity contribution is 0.0608. The van der Waals surface area contributed by atoms with Gasteiger partial charge in [0.2, 0.25) is 3.53 Å². The van der Waals surface area contributed by atoms with Crippen LogP contribution in [0, 0.1) is 0 Å². The van der Waals surface area contributed by atoms with Crippen molar-refractivity contribution in [1.82, 2.24) is 4.67 Å². The highest BCUT2D eigenvalue weighted by molar-refractivity contribution is 9.40. The molecule has 21 heavy (non-hydrogen) atoms. The largest absolute Gasteiger partial charge is 0.312 e. The first-order valence-corrected chi connectivity index (χ1v) is 15.5. The highest BCUT2D eigenvalue weighted by Gasteiger charge is 2.55. The van der Waals surface area contributed by atoms with Gasteiger partial charge in [-0.25, -0.2) is 4.67 Å². The van der Waals surface area contributed by atoms with Crippen LogP contribution in [-0.2, 0) is 0 Å². The lowest BCUT2D eigenvalue weighted by Crippen LogP contribution is -2.57. The Bertz CT molecular complexity index is 439. The van der Waals surface area contributed by atoms with E-state index in [4.69, 9.17) is 39.2 Å². The molecule has 2 nitrogen and oxygen atoms in total. The molecule has 1 saturated heterocycles. The van der Waals surface area contributed by atoms with Gasteiger partial charge in [0, 0.05) is 11.1 Å². The van der Waals surface area contributed by atoms with E-state index in [1.54, 1.807) is 0 Å². The third kappa shape index (κ3) is 4.65. The van der Waals surface area contributed by atoms with E-state index < -0.39 is 17.7 Å². The average Bonchev–Trinajstić information content (AvgIpc) is 2.08. The molecule has 1 rings (SSSR count). The summed E-state index contributed by atoms with van der Waals surface area (Å²) in [6.45, 7) is 15.5. The van der Waals surface area contributed by atoms with Crippen molar-refractivity contribution in [1.29, 1.82) is 0 Å². The SMILES string of the molecule is CC1(C)CCCC(C)(C)N1P(Br)(=N[Si](C)(C)C)C(Cl)(Cl)Cl. The predicted molar refractivity (Wildman–Crippen MR) is 106 cm³/mol. The van der Waals surface area contributed by atoms with Gasteiger partial charge in [-0.2, -0.15) is 0 Å². The molecule has 1 atom stereocenters. The summed E-state index contributed by atoms with van der Waals surface area (Å²) in [6, 6.07) is 0. The molecule has 1 aliphatic rings. The van der Waals surface area contributed by atoms with Gasteiger partial charge in [0.1, 0.15) is 5.91 Å². The number of alkyl halides is 3.